The number of hydrogen-bond acceptors (Lipinski definition) is 5. The molecule has 0 unspecified atom stereocenters. The molecule has 0 saturated heterocycles. The fraction of sp³-hybridized carbons (Fsp3) is 0.357. The number of thioether (sulfide) groups is 1. The second kappa shape index (κ2) is 7.02. The first kappa shape index (κ1) is 16.6. The number of carbonyl (C=O) groups is 1. The zero-order valence-electron chi connectivity index (χ0n) is 12.8. The van der Waals surface area contributed by atoms with Crippen molar-refractivity contribution in [2.24, 2.45) is 7.05 Å². The van der Waals surface area contributed by atoms with Crippen LogP contribution in [0.25, 0.3) is 0 Å². The van der Waals surface area contributed by atoms with Crippen molar-refractivity contribution >= 4 is 35.0 Å². The molecule has 1 aromatic carbocycles. The van der Waals surface area contributed by atoms with Gasteiger partial charge in [-0.15, -0.1) is 10.2 Å². The van der Waals surface area contributed by atoms with E-state index in [1.807, 2.05) is 25.5 Å². The third-order valence-electron chi connectivity index (χ3n) is 3.12. The number of halogens is 1. The highest BCUT2D eigenvalue weighted by Gasteiger charge is 2.18. The molecule has 118 valence electrons. The minimum atomic E-state index is -0.317. The van der Waals surface area contributed by atoms with Crippen molar-refractivity contribution in [3.8, 4) is 5.75 Å². The third-order valence-corrected chi connectivity index (χ3v) is 4.55. The topological polar surface area (TPSA) is 69.0 Å². The lowest BCUT2D eigenvalue weighted by Gasteiger charge is -2.12. The van der Waals surface area contributed by atoms with E-state index in [2.05, 4.69) is 15.5 Å². The van der Waals surface area contributed by atoms with Gasteiger partial charge in [-0.1, -0.05) is 23.4 Å². The molecule has 0 aliphatic carbocycles. The largest absolute Gasteiger partial charge is 0.495 e. The van der Waals surface area contributed by atoms with Crippen LogP contribution in [0.1, 0.15) is 12.7 Å². The molecule has 1 atom stereocenters. The van der Waals surface area contributed by atoms with Crippen molar-refractivity contribution < 1.29 is 9.53 Å². The molecule has 1 N–H and O–H groups in total. The summed E-state index contributed by atoms with van der Waals surface area (Å²) in [6, 6.07) is 5.11. The lowest BCUT2D eigenvalue weighted by atomic mass is 10.3. The predicted octanol–water partition coefficient (Wildman–Crippen LogP) is 2.90. The van der Waals surface area contributed by atoms with E-state index in [0.29, 0.717) is 21.6 Å². The first-order valence-corrected chi connectivity index (χ1v) is 7.85. The van der Waals surface area contributed by atoms with Gasteiger partial charge in [-0.05, 0) is 32.0 Å². The van der Waals surface area contributed by atoms with Crippen molar-refractivity contribution in [3.05, 3.63) is 29.0 Å². The normalized spacial score (nSPS) is 12.0. The Morgan fingerprint density at radius 2 is 2.18 bits per heavy atom. The Morgan fingerprint density at radius 3 is 2.73 bits per heavy atom. The SMILES string of the molecule is COc1ccc(NC(=O)[C@H](C)Sc2nnc(C)n2C)cc1Cl. The molecule has 0 spiro atoms. The van der Waals surface area contributed by atoms with E-state index in [1.54, 1.807) is 25.3 Å². The van der Waals surface area contributed by atoms with Gasteiger partial charge in [0.2, 0.25) is 5.91 Å². The van der Waals surface area contributed by atoms with Crippen LogP contribution in [0.5, 0.6) is 5.75 Å². The number of rotatable bonds is 5. The Balaban J connectivity index is 2.02. The summed E-state index contributed by atoms with van der Waals surface area (Å²) in [5, 5.41) is 11.7. The fourth-order valence-corrected chi connectivity index (χ4v) is 2.81. The Labute approximate surface area is 138 Å². The Morgan fingerprint density at radius 1 is 1.45 bits per heavy atom. The minimum absolute atomic E-state index is 0.133. The number of anilines is 1. The van der Waals surface area contributed by atoms with Gasteiger partial charge in [0.05, 0.1) is 17.4 Å². The van der Waals surface area contributed by atoms with E-state index >= 15 is 0 Å². The summed E-state index contributed by atoms with van der Waals surface area (Å²) in [5.41, 5.74) is 0.623. The zero-order valence-corrected chi connectivity index (χ0v) is 14.3. The molecule has 6 nitrogen and oxygen atoms in total. The van der Waals surface area contributed by atoms with Crippen LogP contribution in [-0.2, 0) is 11.8 Å². The van der Waals surface area contributed by atoms with Crippen LogP contribution in [-0.4, -0.2) is 33.0 Å². The van der Waals surface area contributed by atoms with Gasteiger partial charge in [-0.2, -0.15) is 0 Å². The Hall–Kier alpha value is -1.73. The molecule has 1 amide bonds. The number of methoxy groups -OCH3 is 1. The molecule has 0 aliphatic rings. The fourth-order valence-electron chi connectivity index (χ4n) is 1.69. The molecular weight excluding hydrogens is 324 g/mol. The molecule has 2 aromatic rings. The first-order chi connectivity index (χ1) is 10.4. The summed E-state index contributed by atoms with van der Waals surface area (Å²) in [4.78, 5) is 12.2. The van der Waals surface area contributed by atoms with E-state index in [9.17, 15) is 4.79 Å². The second-order valence-electron chi connectivity index (χ2n) is 4.69. The van der Waals surface area contributed by atoms with Crippen LogP contribution in [0.15, 0.2) is 23.4 Å². The lowest BCUT2D eigenvalue weighted by Crippen LogP contribution is -2.22. The van der Waals surface area contributed by atoms with Gasteiger partial charge in [-0.25, -0.2) is 0 Å². The van der Waals surface area contributed by atoms with Crippen LogP contribution in [0.2, 0.25) is 5.02 Å². The van der Waals surface area contributed by atoms with Crippen molar-refractivity contribution in [1.82, 2.24) is 14.8 Å². The number of ether oxygens (including phenoxy) is 1. The highest BCUT2D eigenvalue weighted by molar-refractivity contribution is 8.00. The predicted molar refractivity (Wildman–Crippen MR) is 87.7 cm³/mol. The van der Waals surface area contributed by atoms with E-state index in [4.69, 9.17) is 16.3 Å². The van der Waals surface area contributed by atoms with E-state index in [1.165, 1.54) is 11.8 Å². The number of nitrogens with one attached hydrogen (secondary N) is 1. The summed E-state index contributed by atoms with van der Waals surface area (Å²) >= 11 is 7.39. The average molecular weight is 341 g/mol. The summed E-state index contributed by atoms with van der Waals surface area (Å²) < 4.78 is 6.93. The van der Waals surface area contributed by atoms with Gasteiger partial charge in [0, 0.05) is 12.7 Å². The van der Waals surface area contributed by atoms with Crippen molar-refractivity contribution in [2.75, 3.05) is 12.4 Å². The standard InChI is InChI=1S/C14H17ClN4O2S/c1-8(22-14-18-17-9(2)19(14)3)13(20)16-10-5-6-12(21-4)11(15)7-10/h5-8H,1-4H3,(H,16,20)/t8-/m0/s1. The summed E-state index contributed by atoms with van der Waals surface area (Å²) in [5.74, 6) is 1.24. The van der Waals surface area contributed by atoms with Crippen molar-refractivity contribution in [3.63, 3.8) is 0 Å². The maximum atomic E-state index is 12.2. The molecule has 0 radical (unpaired) electrons. The molecule has 1 heterocycles. The summed E-state index contributed by atoms with van der Waals surface area (Å²) in [6.45, 7) is 3.68. The van der Waals surface area contributed by atoms with Crippen LogP contribution in [0.3, 0.4) is 0 Å². The maximum absolute atomic E-state index is 12.2. The number of aromatic nitrogens is 3. The van der Waals surface area contributed by atoms with Crippen LogP contribution >= 0.6 is 23.4 Å². The van der Waals surface area contributed by atoms with Crippen molar-refractivity contribution in [1.29, 1.82) is 0 Å². The number of aryl methyl sites for hydroxylation is 1. The van der Waals surface area contributed by atoms with Gasteiger partial charge in [0.25, 0.3) is 0 Å². The molecule has 8 heteroatoms. The zero-order chi connectivity index (χ0) is 16.3. The second-order valence-corrected chi connectivity index (χ2v) is 6.40. The quantitative estimate of drug-likeness (QED) is 0.847. The molecular formula is C14H17ClN4O2S. The molecule has 0 bridgehead atoms. The Kier molecular flexibility index (Phi) is 5.31. The highest BCUT2D eigenvalue weighted by Crippen LogP contribution is 2.28. The van der Waals surface area contributed by atoms with Crippen LogP contribution in [0, 0.1) is 6.92 Å². The van der Waals surface area contributed by atoms with Gasteiger partial charge < -0.3 is 14.6 Å². The monoisotopic (exact) mass is 340 g/mol. The molecule has 0 fully saturated rings. The van der Waals surface area contributed by atoms with E-state index in [0.717, 1.165) is 5.82 Å². The maximum Gasteiger partial charge on any atom is 0.237 e. The molecule has 2 rings (SSSR count). The smallest absolute Gasteiger partial charge is 0.237 e. The number of benzene rings is 1. The van der Waals surface area contributed by atoms with Crippen LogP contribution in [0.4, 0.5) is 5.69 Å². The van der Waals surface area contributed by atoms with E-state index in [-0.39, 0.29) is 11.2 Å². The van der Waals surface area contributed by atoms with Gasteiger partial charge >= 0.3 is 0 Å². The Bertz CT molecular complexity index is 689. The third kappa shape index (κ3) is 3.72. The first-order valence-electron chi connectivity index (χ1n) is 6.59. The average Bonchev–Trinajstić information content (AvgIpc) is 2.79. The van der Waals surface area contributed by atoms with Crippen molar-refractivity contribution in [2.45, 2.75) is 24.3 Å². The number of carbonyl (C=O) groups excluding carboxylic acids is 1. The van der Waals surface area contributed by atoms with E-state index < -0.39 is 0 Å². The number of hydrogen-bond donors (Lipinski definition) is 1. The molecule has 22 heavy (non-hydrogen) atoms. The molecule has 1 aromatic heterocycles. The van der Waals surface area contributed by atoms with Crippen LogP contribution < -0.4 is 10.1 Å². The summed E-state index contributed by atoms with van der Waals surface area (Å²) in [7, 11) is 3.41. The lowest BCUT2D eigenvalue weighted by molar-refractivity contribution is -0.115. The highest BCUT2D eigenvalue weighted by atomic mass is 35.5. The molecule has 0 aliphatic heterocycles. The minimum Gasteiger partial charge on any atom is -0.495 e. The van der Waals surface area contributed by atoms with Gasteiger partial charge in [0.1, 0.15) is 11.6 Å². The number of amides is 1. The summed E-state index contributed by atoms with van der Waals surface area (Å²) in [6.07, 6.45) is 0. The number of nitrogens with zero attached hydrogens (tertiary/aromatic N) is 3. The van der Waals surface area contributed by atoms with Gasteiger partial charge in [-0.3, -0.25) is 4.79 Å². The van der Waals surface area contributed by atoms with Gasteiger partial charge in [0.15, 0.2) is 5.16 Å². The molecule has 0 saturated carbocycles.